The summed E-state index contributed by atoms with van der Waals surface area (Å²) in [5.41, 5.74) is 1.06. The van der Waals surface area contributed by atoms with Gasteiger partial charge in [0.2, 0.25) is 0 Å². The zero-order valence-electron chi connectivity index (χ0n) is 9.11. The molecule has 6 heteroatoms. The lowest BCUT2D eigenvalue weighted by molar-refractivity contribution is 0.0697. The number of hydrogen-bond acceptors (Lipinski definition) is 3. The Bertz CT molecular complexity index is 585. The van der Waals surface area contributed by atoms with Crippen LogP contribution in [0.4, 0.5) is 10.1 Å². The third-order valence-electron chi connectivity index (χ3n) is 2.29. The summed E-state index contributed by atoms with van der Waals surface area (Å²) in [6.07, 6.45) is 0. The van der Waals surface area contributed by atoms with Crippen molar-refractivity contribution >= 4 is 38.9 Å². The number of nitrogens with one attached hydrogen (secondary N) is 1. The maximum Gasteiger partial charge on any atom is 0.336 e. The number of carboxylic acid groups (broad SMARTS) is 1. The summed E-state index contributed by atoms with van der Waals surface area (Å²) in [6.45, 7) is 0.510. The Morgan fingerprint density at radius 1 is 1.44 bits per heavy atom. The number of rotatable bonds is 4. The number of anilines is 1. The lowest BCUT2D eigenvalue weighted by Gasteiger charge is -2.05. The van der Waals surface area contributed by atoms with Crippen LogP contribution < -0.4 is 5.32 Å². The molecule has 2 N–H and O–H groups in total. The van der Waals surface area contributed by atoms with Gasteiger partial charge in [-0.25, -0.2) is 9.18 Å². The second-order valence-corrected chi connectivity index (χ2v) is 5.44. The second-order valence-electron chi connectivity index (χ2n) is 3.59. The summed E-state index contributed by atoms with van der Waals surface area (Å²) in [5, 5.41) is 13.5. The normalized spacial score (nSPS) is 10.3. The molecule has 0 bridgehead atoms. The fourth-order valence-corrected chi connectivity index (χ4v) is 2.56. The van der Waals surface area contributed by atoms with Gasteiger partial charge in [-0.05, 0) is 40.2 Å². The van der Waals surface area contributed by atoms with Crippen LogP contribution in [0.5, 0.6) is 0 Å². The molecule has 0 saturated heterocycles. The minimum Gasteiger partial charge on any atom is -0.478 e. The highest BCUT2D eigenvalue weighted by atomic mass is 79.9. The quantitative estimate of drug-likeness (QED) is 0.892. The molecule has 0 radical (unpaired) electrons. The average molecular weight is 330 g/mol. The van der Waals surface area contributed by atoms with Crippen molar-refractivity contribution in [3.05, 3.63) is 50.4 Å². The average Bonchev–Trinajstić information content (AvgIpc) is 2.79. The predicted molar refractivity (Wildman–Crippen MR) is 72.7 cm³/mol. The smallest absolute Gasteiger partial charge is 0.336 e. The Hall–Kier alpha value is -1.40. The first-order valence-electron chi connectivity index (χ1n) is 5.06. The topological polar surface area (TPSA) is 49.3 Å². The molecule has 94 valence electrons. The van der Waals surface area contributed by atoms with Crippen molar-refractivity contribution in [2.75, 3.05) is 5.32 Å². The maximum absolute atomic E-state index is 13.0. The van der Waals surface area contributed by atoms with E-state index in [-0.39, 0.29) is 11.4 Å². The first kappa shape index (κ1) is 13.0. The van der Waals surface area contributed by atoms with Gasteiger partial charge < -0.3 is 10.4 Å². The Morgan fingerprint density at radius 3 is 2.83 bits per heavy atom. The van der Waals surface area contributed by atoms with Crippen LogP contribution >= 0.6 is 27.3 Å². The van der Waals surface area contributed by atoms with Gasteiger partial charge in [0.05, 0.1) is 10.0 Å². The monoisotopic (exact) mass is 329 g/mol. The molecular formula is C12H9BrFNO2S. The van der Waals surface area contributed by atoms with Crippen LogP contribution in [0.2, 0.25) is 0 Å². The van der Waals surface area contributed by atoms with Crippen molar-refractivity contribution in [1.82, 2.24) is 0 Å². The molecule has 0 fully saturated rings. The predicted octanol–water partition coefficient (Wildman–Crippen LogP) is 3.96. The standard InChI is InChI=1S/C12H9BrFNO2S/c13-10-4-8(1-2-11(10)14)15-5-9-3-7(6-18-9)12(16)17/h1-4,6,15H,5H2,(H,16,17). The van der Waals surface area contributed by atoms with E-state index in [4.69, 9.17) is 5.11 Å². The first-order valence-corrected chi connectivity index (χ1v) is 6.73. The van der Waals surface area contributed by atoms with Crippen LogP contribution in [0, 0.1) is 5.82 Å². The molecule has 0 amide bonds. The van der Waals surface area contributed by atoms with Crippen molar-refractivity contribution in [2.24, 2.45) is 0 Å². The summed E-state index contributed by atoms with van der Waals surface area (Å²) in [6, 6.07) is 6.26. The lowest BCUT2D eigenvalue weighted by atomic mass is 10.3. The van der Waals surface area contributed by atoms with Crippen LogP contribution in [0.1, 0.15) is 15.2 Å². The molecule has 2 rings (SSSR count). The highest BCUT2D eigenvalue weighted by molar-refractivity contribution is 9.10. The molecule has 0 spiro atoms. The van der Waals surface area contributed by atoms with Gasteiger partial charge in [0.15, 0.2) is 0 Å². The number of carbonyl (C=O) groups is 1. The Labute approximate surface area is 115 Å². The van der Waals surface area contributed by atoms with Gasteiger partial charge in [-0.2, -0.15) is 0 Å². The van der Waals surface area contributed by atoms with Crippen molar-refractivity contribution < 1.29 is 14.3 Å². The largest absolute Gasteiger partial charge is 0.478 e. The Kier molecular flexibility index (Phi) is 3.98. The van der Waals surface area contributed by atoms with Gasteiger partial charge in [-0.1, -0.05) is 0 Å². The number of carboxylic acids is 1. The van der Waals surface area contributed by atoms with Gasteiger partial charge in [0.25, 0.3) is 0 Å². The first-order chi connectivity index (χ1) is 8.56. The third kappa shape index (κ3) is 3.08. The Balaban J connectivity index is 2.02. The maximum atomic E-state index is 13.0. The molecule has 0 unspecified atom stereocenters. The lowest BCUT2D eigenvalue weighted by Crippen LogP contribution is -1.98. The molecule has 1 aromatic carbocycles. The van der Waals surface area contributed by atoms with Crippen LogP contribution in [-0.2, 0) is 6.54 Å². The molecule has 0 aliphatic carbocycles. The molecular weight excluding hydrogens is 321 g/mol. The minimum atomic E-state index is -0.929. The molecule has 3 nitrogen and oxygen atoms in total. The zero-order chi connectivity index (χ0) is 13.1. The molecule has 1 aromatic heterocycles. The molecule has 1 heterocycles. The molecule has 2 aromatic rings. The SMILES string of the molecule is O=C(O)c1csc(CNc2ccc(F)c(Br)c2)c1. The van der Waals surface area contributed by atoms with E-state index in [1.165, 1.54) is 17.4 Å². The van der Waals surface area contributed by atoms with Crippen LogP contribution in [0.25, 0.3) is 0 Å². The highest BCUT2D eigenvalue weighted by Gasteiger charge is 2.06. The Morgan fingerprint density at radius 2 is 2.22 bits per heavy atom. The summed E-state index contributed by atoms with van der Waals surface area (Å²) < 4.78 is 13.4. The summed E-state index contributed by atoms with van der Waals surface area (Å²) >= 11 is 4.48. The molecule has 0 aliphatic heterocycles. The fraction of sp³-hybridized carbons (Fsp3) is 0.0833. The van der Waals surface area contributed by atoms with E-state index in [1.807, 2.05) is 0 Å². The van der Waals surface area contributed by atoms with Crippen molar-refractivity contribution in [2.45, 2.75) is 6.54 Å². The molecule has 0 atom stereocenters. The molecule has 0 aliphatic rings. The number of thiophene rings is 1. The van der Waals surface area contributed by atoms with E-state index in [0.29, 0.717) is 11.0 Å². The second kappa shape index (κ2) is 5.49. The highest BCUT2D eigenvalue weighted by Crippen LogP contribution is 2.21. The van der Waals surface area contributed by atoms with Crippen LogP contribution in [0.15, 0.2) is 34.1 Å². The van der Waals surface area contributed by atoms with Crippen molar-refractivity contribution in [3.63, 3.8) is 0 Å². The summed E-state index contributed by atoms with van der Waals surface area (Å²) in [4.78, 5) is 11.6. The van der Waals surface area contributed by atoms with Crippen LogP contribution in [0.3, 0.4) is 0 Å². The van der Waals surface area contributed by atoms with Gasteiger partial charge in [-0.3, -0.25) is 0 Å². The number of hydrogen-bond donors (Lipinski definition) is 2. The van der Waals surface area contributed by atoms with Crippen molar-refractivity contribution in [1.29, 1.82) is 0 Å². The van der Waals surface area contributed by atoms with E-state index in [1.54, 1.807) is 23.6 Å². The number of benzene rings is 1. The van der Waals surface area contributed by atoms with Crippen LogP contribution in [-0.4, -0.2) is 11.1 Å². The van der Waals surface area contributed by atoms with Gasteiger partial charge >= 0.3 is 5.97 Å². The minimum absolute atomic E-state index is 0.289. The van der Waals surface area contributed by atoms with E-state index >= 15 is 0 Å². The summed E-state index contributed by atoms with van der Waals surface area (Å²) in [7, 11) is 0. The van der Waals surface area contributed by atoms with E-state index in [9.17, 15) is 9.18 Å². The van der Waals surface area contributed by atoms with Gasteiger partial charge in [0.1, 0.15) is 5.82 Å². The van der Waals surface area contributed by atoms with Gasteiger partial charge in [0, 0.05) is 22.5 Å². The van der Waals surface area contributed by atoms with E-state index in [2.05, 4.69) is 21.2 Å². The third-order valence-corrected chi connectivity index (χ3v) is 3.83. The van der Waals surface area contributed by atoms with Gasteiger partial charge in [-0.15, -0.1) is 11.3 Å². The number of aromatic carboxylic acids is 1. The fourth-order valence-electron chi connectivity index (χ4n) is 1.38. The van der Waals surface area contributed by atoms with E-state index in [0.717, 1.165) is 10.6 Å². The summed E-state index contributed by atoms with van der Waals surface area (Å²) in [5.74, 6) is -1.24. The zero-order valence-corrected chi connectivity index (χ0v) is 11.5. The van der Waals surface area contributed by atoms with E-state index < -0.39 is 5.97 Å². The number of halogens is 2. The molecule has 0 saturated carbocycles. The molecule has 18 heavy (non-hydrogen) atoms. The van der Waals surface area contributed by atoms with Crippen molar-refractivity contribution in [3.8, 4) is 0 Å².